The van der Waals surface area contributed by atoms with Crippen molar-refractivity contribution in [2.24, 2.45) is 0 Å². The maximum absolute atomic E-state index is 12.9. The van der Waals surface area contributed by atoms with Crippen LogP contribution in [0.3, 0.4) is 0 Å². The molecule has 0 aliphatic rings. The Morgan fingerprint density at radius 1 is 1.00 bits per heavy atom. The van der Waals surface area contributed by atoms with Crippen molar-refractivity contribution < 1.29 is 4.79 Å². The molecule has 0 radical (unpaired) electrons. The van der Waals surface area contributed by atoms with Gasteiger partial charge in [0, 0.05) is 20.7 Å². The molecule has 3 aromatic carbocycles. The molecular formula is C23H18BrClN4O. The summed E-state index contributed by atoms with van der Waals surface area (Å²) in [5.74, 6) is 0.255. The number of anilines is 1. The smallest absolute Gasteiger partial charge is 0.295 e. The van der Waals surface area contributed by atoms with E-state index < -0.39 is 0 Å². The van der Waals surface area contributed by atoms with E-state index in [9.17, 15) is 4.79 Å². The van der Waals surface area contributed by atoms with Gasteiger partial charge >= 0.3 is 0 Å². The van der Waals surface area contributed by atoms with Gasteiger partial charge in [-0.15, -0.1) is 5.10 Å². The van der Waals surface area contributed by atoms with Crippen molar-refractivity contribution >= 4 is 39.1 Å². The van der Waals surface area contributed by atoms with Crippen LogP contribution >= 0.6 is 27.5 Å². The van der Waals surface area contributed by atoms with Crippen LogP contribution in [0.15, 0.2) is 71.2 Å². The number of halogens is 2. The van der Waals surface area contributed by atoms with Gasteiger partial charge in [0.25, 0.3) is 5.91 Å². The third kappa shape index (κ3) is 4.15. The summed E-state index contributed by atoms with van der Waals surface area (Å²) < 4.78 is 2.61. The number of rotatable bonds is 4. The normalized spacial score (nSPS) is 10.8. The molecule has 0 saturated carbocycles. The van der Waals surface area contributed by atoms with Crippen molar-refractivity contribution in [3.05, 3.63) is 93.2 Å². The molecule has 5 nitrogen and oxygen atoms in total. The molecule has 1 amide bonds. The topological polar surface area (TPSA) is 59.8 Å². The molecule has 0 aliphatic heterocycles. The second-order valence-electron chi connectivity index (χ2n) is 6.88. The van der Waals surface area contributed by atoms with E-state index in [4.69, 9.17) is 11.6 Å². The molecule has 0 aliphatic carbocycles. The van der Waals surface area contributed by atoms with Crippen molar-refractivity contribution in [2.75, 3.05) is 5.32 Å². The van der Waals surface area contributed by atoms with Crippen LogP contribution in [0.5, 0.6) is 0 Å². The highest BCUT2D eigenvalue weighted by Gasteiger charge is 2.20. The van der Waals surface area contributed by atoms with Crippen LogP contribution in [-0.2, 0) is 0 Å². The lowest BCUT2D eigenvalue weighted by atomic mass is 10.1. The number of nitrogens with zero attached hydrogens (tertiary/aromatic N) is 3. The van der Waals surface area contributed by atoms with Gasteiger partial charge in [-0.05, 0) is 55.8 Å². The summed E-state index contributed by atoms with van der Waals surface area (Å²) in [7, 11) is 0. The van der Waals surface area contributed by atoms with Gasteiger partial charge in [0.1, 0.15) is 0 Å². The highest BCUT2D eigenvalue weighted by Crippen LogP contribution is 2.27. The molecule has 1 aromatic heterocycles. The zero-order valence-corrected chi connectivity index (χ0v) is 18.7. The summed E-state index contributed by atoms with van der Waals surface area (Å²) in [6.45, 7) is 3.91. The quantitative estimate of drug-likeness (QED) is 0.376. The van der Waals surface area contributed by atoms with E-state index in [0.29, 0.717) is 16.5 Å². The molecule has 0 fully saturated rings. The van der Waals surface area contributed by atoms with E-state index in [1.54, 1.807) is 4.68 Å². The number of benzene rings is 3. The van der Waals surface area contributed by atoms with Gasteiger partial charge < -0.3 is 5.32 Å². The average Bonchev–Trinajstić information content (AvgIpc) is 3.17. The molecule has 0 spiro atoms. The Morgan fingerprint density at radius 3 is 2.40 bits per heavy atom. The van der Waals surface area contributed by atoms with Crippen molar-refractivity contribution in [3.8, 4) is 17.1 Å². The van der Waals surface area contributed by atoms with Crippen LogP contribution in [0.4, 0.5) is 5.69 Å². The standard InChI is InChI=1S/C23H18BrClN4O/c1-14-6-12-18(13-7-14)26-23(30)21-27-22(16-8-10-17(24)11-9-16)29(28-21)20-5-3-4-19(25)15(20)2/h3-13H,1-2H3,(H,26,30). The molecule has 1 heterocycles. The number of hydrogen-bond acceptors (Lipinski definition) is 3. The summed E-state index contributed by atoms with van der Waals surface area (Å²) >= 11 is 9.77. The molecule has 0 bridgehead atoms. The fourth-order valence-corrected chi connectivity index (χ4v) is 3.45. The molecule has 0 saturated heterocycles. The SMILES string of the molecule is Cc1ccc(NC(=O)c2nc(-c3ccc(Br)cc3)n(-c3cccc(Cl)c3C)n2)cc1. The Bertz CT molecular complexity index is 1220. The minimum absolute atomic E-state index is 0.0767. The molecule has 1 N–H and O–H groups in total. The van der Waals surface area contributed by atoms with Crippen molar-refractivity contribution in [2.45, 2.75) is 13.8 Å². The van der Waals surface area contributed by atoms with E-state index in [-0.39, 0.29) is 11.7 Å². The number of carbonyl (C=O) groups is 1. The number of hydrogen-bond donors (Lipinski definition) is 1. The third-order valence-corrected chi connectivity index (χ3v) is 5.63. The van der Waals surface area contributed by atoms with Gasteiger partial charge in [-0.1, -0.05) is 63.4 Å². The van der Waals surface area contributed by atoms with Crippen molar-refractivity contribution in [1.82, 2.24) is 14.8 Å². The zero-order valence-electron chi connectivity index (χ0n) is 16.4. The number of aromatic nitrogens is 3. The van der Waals surface area contributed by atoms with E-state index >= 15 is 0 Å². The summed E-state index contributed by atoms with van der Waals surface area (Å²) in [4.78, 5) is 17.4. The molecular weight excluding hydrogens is 464 g/mol. The van der Waals surface area contributed by atoms with Crippen molar-refractivity contribution in [3.63, 3.8) is 0 Å². The molecule has 4 rings (SSSR count). The maximum Gasteiger partial charge on any atom is 0.295 e. The fourth-order valence-electron chi connectivity index (χ4n) is 3.01. The van der Waals surface area contributed by atoms with Gasteiger partial charge in [-0.3, -0.25) is 4.79 Å². The molecule has 30 heavy (non-hydrogen) atoms. The van der Waals surface area contributed by atoms with Gasteiger partial charge in [0.2, 0.25) is 5.82 Å². The number of amides is 1. The Morgan fingerprint density at radius 2 is 1.70 bits per heavy atom. The Labute approximate surface area is 187 Å². The van der Waals surface area contributed by atoms with Gasteiger partial charge in [-0.25, -0.2) is 9.67 Å². The number of nitrogens with one attached hydrogen (secondary N) is 1. The monoisotopic (exact) mass is 480 g/mol. The summed E-state index contributed by atoms with van der Waals surface area (Å²) in [6.07, 6.45) is 0. The lowest BCUT2D eigenvalue weighted by Crippen LogP contribution is -2.14. The van der Waals surface area contributed by atoms with E-state index in [0.717, 1.165) is 26.9 Å². The van der Waals surface area contributed by atoms with Crippen LogP contribution in [0.2, 0.25) is 5.02 Å². The summed E-state index contributed by atoms with van der Waals surface area (Å²) in [5.41, 5.74) is 4.25. The summed E-state index contributed by atoms with van der Waals surface area (Å²) in [5, 5.41) is 7.99. The zero-order chi connectivity index (χ0) is 21.3. The fraction of sp³-hybridized carbons (Fsp3) is 0.0870. The minimum Gasteiger partial charge on any atom is -0.319 e. The predicted octanol–water partition coefficient (Wildman–Crippen LogP) is 6.22. The maximum atomic E-state index is 12.9. The van der Waals surface area contributed by atoms with E-state index in [1.165, 1.54) is 0 Å². The molecule has 0 atom stereocenters. The predicted molar refractivity (Wildman–Crippen MR) is 123 cm³/mol. The van der Waals surface area contributed by atoms with E-state index in [1.807, 2.05) is 80.6 Å². The van der Waals surface area contributed by atoms with Crippen LogP contribution < -0.4 is 5.32 Å². The Balaban J connectivity index is 1.79. The second-order valence-corrected chi connectivity index (χ2v) is 8.20. The first-order chi connectivity index (χ1) is 14.4. The highest BCUT2D eigenvalue weighted by atomic mass is 79.9. The van der Waals surface area contributed by atoms with Gasteiger partial charge in [0.05, 0.1) is 5.69 Å². The summed E-state index contributed by atoms with van der Waals surface area (Å²) in [6, 6.07) is 20.8. The largest absolute Gasteiger partial charge is 0.319 e. The Hall–Kier alpha value is -2.96. The first-order valence-corrected chi connectivity index (χ1v) is 10.5. The highest BCUT2D eigenvalue weighted by molar-refractivity contribution is 9.10. The first kappa shape index (κ1) is 20.3. The lowest BCUT2D eigenvalue weighted by molar-refractivity contribution is 0.101. The van der Waals surface area contributed by atoms with Gasteiger partial charge in [0.15, 0.2) is 5.82 Å². The third-order valence-electron chi connectivity index (χ3n) is 4.69. The molecule has 7 heteroatoms. The first-order valence-electron chi connectivity index (χ1n) is 9.29. The molecule has 0 unspecified atom stereocenters. The average molecular weight is 482 g/mol. The van der Waals surface area contributed by atoms with Crippen molar-refractivity contribution in [1.29, 1.82) is 0 Å². The second kappa shape index (κ2) is 8.42. The van der Waals surface area contributed by atoms with E-state index in [2.05, 4.69) is 31.3 Å². The molecule has 150 valence electrons. The van der Waals surface area contributed by atoms with Gasteiger partial charge in [-0.2, -0.15) is 0 Å². The van der Waals surface area contributed by atoms with Crippen LogP contribution in [0.25, 0.3) is 17.1 Å². The lowest BCUT2D eigenvalue weighted by Gasteiger charge is -2.10. The number of carbonyl (C=O) groups excluding carboxylic acids is 1. The number of aryl methyl sites for hydroxylation is 1. The molecule has 4 aromatic rings. The minimum atomic E-state index is -0.379. The Kier molecular flexibility index (Phi) is 5.70. The van der Waals surface area contributed by atoms with Crippen LogP contribution in [0.1, 0.15) is 21.7 Å². The van der Waals surface area contributed by atoms with Crippen LogP contribution in [-0.4, -0.2) is 20.7 Å². The van der Waals surface area contributed by atoms with Crippen LogP contribution in [0, 0.1) is 13.8 Å².